The molecule has 0 saturated carbocycles. The SMILES string of the molecule is CCNC(=NCC1CN2CCCC2CO1)N1CCC2(CCOC2)C1. The Labute approximate surface area is 145 Å². The molecule has 0 aromatic rings. The molecule has 6 nitrogen and oxygen atoms in total. The van der Waals surface area contributed by atoms with Crippen LogP contribution in [0.5, 0.6) is 0 Å². The lowest BCUT2D eigenvalue weighted by molar-refractivity contribution is -0.0432. The molecule has 6 heteroatoms. The van der Waals surface area contributed by atoms with Gasteiger partial charge in [-0.3, -0.25) is 9.89 Å². The van der Waals surface area contributed by atoms with E-state index in [2.05, 4.69) is 22.0 Å². The molecule has 4 saturated heterocycles. The Kier molecular flexibility index (Phi) is 4.97. The zero-order chi connectivity index (χ0) is 16.4. The summed E-state index contributed by atoms with van der Waals surface area (Å²) in [7, 11) is 0. The van der Waals surface area contributed by atoms with Crippen molar-refractivity contribution in [2.45, 2.75) is 44.8 Å². The number of hydrogen-bond donors (Lipinski definition) is 1. The highest BCUT2D eigenvalue weighted by molar-refractivity contribution is 5.80. The second kappa shape index (κ2) is 7.18. The van der Waals surface area contributed by atoms with E-state index in [1.807, 2.05) is 0 Å². The zero-order valence-corrected chi connectivity index (χ0v) is 15.0. The van der Waals surface area contributed by atoms with Gasteiger partial charge in [-0.25, -0.2) is 0 Å². The largest absolute Gasteiger partial charge is 0.381 e. The van der Waals surface area contributed by atoms with E-state index in [9.17, 15) is 0 Å². The highest BCUT2D eigenvalue weighted by Gasteiger charge is 2.42. The zero-order valence-electron chi connectivity index (χ0n) is 15.0. The van der Waals surface area contributed by atoms with E-state index in [0.29, 0.717) is 11.5 Å². The van der Waals surface area contributed by atoms with Gasteiger partial charge < -0.3 is 19.7 Å². The number of nitrogens with one attached hydrogen (secondary N) is 1. The third kappa shape index (κ3) is 3.41. The van der Waals surface area contributed by atoms with Gasteiger partial charge in [-0.05, 0) is 39.2 Å². The summed E-state index contributed by atoms with van der Waals surface area (Å²) in [6.45, 7) is 11.0. The van der Waals surface area contributed by atoms with Crippen molar-refractivity contribution in [3.8, 4) is 0 Å². The number of morpholine rings is 1. The molecule has 0 aromatic heterocycles. The molecule has 0 aromatic carbocycles. The van der Waals surface area contributed by atoms with Gasteiger partial charge in [0.1, 0.15) is 0 Å². The standard InChI is InChI=1S/C18H32N4O2/c1-2-19-17(22-8-5-18(13-22)6-9-23-14-18)20-10-16-11-21-7-3-4-15(21)12-24-16/h15-16H,2-14H2,1H3,(H,19,20). The topological polar surface area (TPSA) is 49.3 Å². The van der Waals surface area contributed by atoms with Crippen LogP contribution < -0.4 is 5.32 Å². The molecule has 4 rings (SSSR count). The van der Waals surface area contributed by atoms with Crippen molar-refractivity contribution in [3.63, 3.8) is 0 Å². The van der Waals surface area contributed by atoms with Crippen LogP contribution in [0.4, 0.5) is 0 Å². The molecule has 4 fully saturated rings. The van der Waals surface area contributed by atoms with Gasteiger partial charge in [-0.1, -0.05) is 0 Å². The Bertz CT molecular complexity index is 464. The maximum Gasteiger partial charge on any atom is 0.194 e. The van der Waals surface area contributed by atoms with Crippen LogP contribution in [-0.4, -0.2) is 87.0 Å². The van der Waals surface area contributed by atoms with Crippen molar-refractivity contribution in [1.29, 1.82) is 0 Å². The normalized spacial score (nSPS) is 37.4. The molecule has 1 spiro atoms. The smallest absolute Gasteiger partial charge is 0.194 e. The summed E-state index contributed by atoms with van der Waals surface area (Å²) in [5.41, 5.74) is 0.375. The van der Waals surface area contributed by atoms with Crippen molar-refractivity contribution >= 4 is 5.96 Å². The van der Waals surface area contributed by atoms with Crippen molar-refractivity contribution in [1.82, 2.24) is 15.1 Å². The number of fused-ring (bicyclic) bond motifs is 1. The first kappa shape index (κ1) is 16.6. The number of guanidine groups is 1. The summed E-state index contributed by atoms with van der Waals surface area (Å²) in [5.74, 6) is 1.06. The van der Waals surface area contributed by atoms with Crippen LogP contribution in [0.15, 0.2) is 4.99 Å². The van der Waals surface area contributed by atoms with Gasteiger partial charge >= 0.3 is 0 Å². The minimum atomic E-state index is 0.249. The Balaban J connectivity index is 1.35. The number of nitrogens with zero attached hydrogens (tertiary/aromatic N) is 3. The minimum absolute atomic E-state index is 0.249. The molecule has 1 N–H and O–H groups in total. The minimum Gasteiger partial charge on any atom is -0.381 e. The van der Waals surface area contributed by atoms with Gasteiger partial charge in [0.15, 0.2) is 5.96 Å². The predicted molar refractivity (Wildman–Crippen MR) is 94.4 cm³/mol. The lowest BCUT2D eigenvalue weighted by atomic mass is 9.87. The number of hydrogen-bond acceptors (Lipinski definition) is 4. The van der Waals surface area contributed by atoms with E-state index < -0.39 is 0 Å². The summed E-state index contributed by atoms with van der Waals surface area (Å²) in [4.78, 5) is 9.95. The monoisotopic (exact) mass is 336 g/mol. The van der Waals surface area contributed by atoms with E-state index in [1.54, 1.807) is 0 Å². The van der Waals surface area contributed by atoms with Crippen molar-refractivity contribution in [2.24, 2.45) is 10.4 Å². The number of ether oxygens (including phenoxy) is 2. The molecule has 4 aliphatic heterocycles. The van der Waals surface area contributed by atoms with Gasteiger partial charge in [-0.15, -0.1) is 0 Å². The highest BCUT2D eigenvalue weighted by atomic mass is 16.5. The van der Waals surface area contributed by atoms with Crippen LogP contribution in [0.3, 0.4) is 0 Å². The first-order chi connectivity index (χ1) is 11.8. The molecular weight excluding hydrogens is 304 g/mol. The molecule has 0 radical (unpaired) electrons. The third-order valence-electron chi connectivity index (χ3n) is 6.16. The molecule has 3 unspecified atom stereocenters. The van der Waals surface area contributed by atoms with E-state index in [4.69, 9.17) is 14.5 Å². The Morgan fingerprint density at radius 2 is 2.29 bits per heavy atom. The van der Waals surface area contributed by atoms with Crippen LogP contribution in [0.1, 0.15) is 32.6 Å². The van der Waals surface area contributed by atoms with Crippen LogP contribution in [0, 0.1) is 5.41 Å². The van der Waals surface area contributed by atoms with E-state index in [-0.39, 0.29) is 6.10 Å². The van der Waals surface area contributed by atoms with Crippen LogP contribution in [-0.2, 0) is 9.47 Å². The molecule has 0 aliphatic carbocycles. The maximum absolute atomic E-state index is 6.06. The second-order valence-electron chi connectivity index (χ2n) is 7.92. The van der Waals surface area contributed by atoms with Crippen molar-refractivity contribution in [3.05, 3.63) is 0 Å². The average Bonchev–Trinajstić information content (AvgIpc) is 3.33. The predicted octanol–water partition coefficient (Wildman–Crippen LogP) is 0.928. The van der Waals surface area contributed by atoms with E-state index >= 15 is 0 Å². The molecule has 4 aliphatic rings. The maximum atomic E-state index is 6.06. The Morgan fingerprint density at radius 1 is 1.33 bits per heavy atom. The highest BCUT2D eigenvalue weighted by Crippen LogP contribution is 2.38. The molecular formula is C18H32N4O2. The van der Waals surface area contributed by atoms with Crippen molar-refractivity contribution < 1.29 is 9.47 Å². The van der Waals surface area contributed by atoms with Gasteiger partial charge in [0, 0.05) is 44.2 Å². The summed E-state index contributed by atoms with van der Waals surface area (Å²) in [6, 6.07) is 0.666. The summed E-state index contributed by atoms with van der Waals surface area (Å²) < 4.78 is 11.7. The van der Waals surface area contributed by atoms with E-state index in [0.717, 1.165) is 58.5 Å². The van der Waals surface area contributed by atoms with E-state index in [1.165, 1.54) is 32.2 Å². The molecule has 0 bridgehead atoms. The van der Waals surface area contributed by atoms with Crippen molar-refractivity contribution in [2.75, 3.05) is 59.1 Å². The van der Waals surface area contributed by atoms with Crippen LogP contribution in [0.2, 0.25) is 0 Å². The van der Waals surface area contributed by atoms with Gasteiger partial charge in [0.2, 0.25) is 0 Å². The average molecular weight is 336 g/mol. The lowest BCUT2D eigenvalue weighted by Crippen LogP contribution is -2.48. The fraction of sp³-hybridized carbons (Fsp3) is 0.944. The first-order valence-corrected chi connectivity index (χ1v) is 9.75. The summed E-state index contributed by atoms with van der Waals surface area (Å²) in [6.07, 6.45) is 5.30. The molecule has 24 heavy (non-hydrogen) atoms. The summed E-state index contributed by atoms with van der Waals surface area (Å²) >= 11 is 0. The van der Waals surface area contributed by atoms with Gasteiger partial charge in [0.05, 0.1) is 25.9 Å². The van der Waals surface area contributed by atoms with Crippen LogP contribution >= 0.6 is 0 Å². The Hall–Kier alpha value is -0.850. The second-order valence-corrected chi connectivity index (χ2v) is 7.92. The first-order valence-electron chi connectivity index (χ1n) is 9.75. The number of aliphatic imine (C=N–C) groups is 1. The molecule has 0 amide bonds. The van der Waals surface area contributed by atoms with Crippen LogP contribution in [0.25, 0.3) is 0 Å². The van der Waals surface area contributed by atoms with Gasteiger partial charge in [0.25, 0.3) is 0 Å². The quantitative estimate of drug-likeness (QED) is 0.614. The molecule has 136 valence electrons. The van der Waals surface area contributed by atoms with Gasteiger partial charge in [-0.2, -0.15) is 0 Å². The summed E-state index contributed by atoms with van der Waals surface area (Å²) in [5, 5.41) is 3.48. The lowest BCUT2D eigenvalue weighted by Gasteiger charge is -2.34. The molecule has 3 atom stereocenters. The third-order valence-corrected chi connectivity index (χ3v) is 6.16. The fourth-order valence-corrected chi connectivity index (χ4v) is 4.70. The number of rotatable bonds is 3. The number of likely N-dealkylation sites (tertiary alicyclic amines) is 1. The Morgan fingerprint density at radius 3 is 3.12 bits per heavy atom. The fourth-order valence-electron chi connectivity index (χ4n) is 4.70. The molecule has 4 heterocycles.